The minimum atomic E-state index is -0.577. The van der Waals surface area contributed by atoms with Crippen LogP contribution in [0.4, 0.5) is 5.69 Å². The molecular formula is C22H27NO4. The van der Waals surface area contributed by atoms with E-state index in [9.17, 15) is 4.79 Å². The van der Waals surface area contributed by atoms with Crippen LogP contribution in [0, 0.1) is 0 Å². The highest BCUT2D eigenvalue weighted by Crippen LogP contribution is 2.25. The van der Waals surface area contributed by atoms with E-state index in [1.807, 2.05) is 49.4 Å². The molecule has 0 radical (unpaired) electrons. The van der Waals surface area contributed by atoms with Gasteiger partial charge in [0.15, 0.2) is 6.10 Å². The highest BCUT2D eigenvalue weighted by Gasteiger charge is 2.19. The number of rotatable bonds is 8. The molecule has 1 atom stereocenters. The predicted molar refractivity (Wildman–Crippen MR) is 106 cm³/mol. The summed E-state index contributed by atoms with van der Waals surface area (Å²) in [4.78, 5) is 12.6. The first-order valence-corrected chi connectivity index (χ1v) is 9.56. The molecule has 2 aromatic carbocycles. The Morgan fingerprint density at radius 3 is 2.44 bits per heavy atom. The van der Waals surface area contributed by atoms with Gasteiger partial charge in [-0.15, -0.1) is 0 Å². The Bertz CT molecular complexity index is 738. The molecule has 1 amide bonds. The summed E-state index contributed by atoms with van der Waals surface area (Å²) in [5.41, 5.74) is 0.728. The van der Waals surface area contributed by atoms with E-state index in [0.29, 0.717) is 24.0 Å². The number of carbonyl (C=O) groups excluding carboxylic acids is 1. The zero-order valence-corrected chi connectivity index (χ0v) is 15.9. The third-order valence-corrected chi connectivity index (χ3v) is 4.71. The van der Waals surface area contributed by atoms with Crippen molar-refractivity contribution in [3.8, 4) is 17.2 Å². The van der Waals surface area contributed by atoms with Gasteiger partial charge in [0, 0.05) is 11.8 Å². The number of carbonyl (C=O) groups is 1. The van der Waals surface area contributed by atoms with Crippen molar-refractivity contribution in [1.82, 2.24) is 0 Å². The molecule has 1 N–H and O–H groups in total. The van der Waals surface area contributed by atoms with Gasteiger partial charge in [-0.2, -0.15) is 0 Å². The lowest BCUT2D eigenvalue weighted by molar-refractivity contribution is -0.122. The second kappa shape index (κ2) is 9.31. The molecule has 27 heavy (non-hydrogen) atoms. The Kier molecular flexibility index (Phi) is 6.58. The molecule has 5 nitrogen and oxygen atoms in total. The lowest BCUT2D eigenvalue weighted by Gasteiger charge is -2.18. The topological polar surface area (TPSA) is 56.8 Å². The Hall–Kier alpha value is -2.69. The van der Waals surface area contributed by atoms with Gasteiger partial charge in [0.25, 0.3) is 5.91 Å². The van der Waals surface area contributed by atoms with Crippen LogP contribution in [-0.4, -0.2) is 25.2 Å². The number of benzene rings is 2. The SMILES string of the molecule is CCC(Oc1cccc(OC)c1)C(=O)Nc1ccc(OC2CCCC2)cc1. The number of anilines is 1. The van der Waals surface area contributed by atoms with E-state index in [4.69, 9.17) is 14.2 Å². The highest BCUT2D eigenvalue weighted by atomic mass is 16.5. The van der Waals surface area contributed by atoms with Crippen LogP contribution in [0.2, 0.25) is 0 Å². The van der Waals surface area contributed by atoms with E-state index in [2.05, 4.69) is 5.32 Å². The van der Waals surface area contributed by atoms with Gasteiger partial charge in [-0.05, 0) is 68.5 Å². The zero-order valence-electron chi connectivity index (χ0n) is 15.9. The maximum absolute atomic E-state index is 12.6. The molecule has 0 heterocycles. The van der Waals surface area contributed by atoms with Crippen molar-refractivity contribution in [2.75, 3.05) is 12.4 Å². The summed E-state index contributed by atoms with van der Waals surface area (Å²) in [5, 5.41) is 2.91. The summed E-state index contributed by atoms with van der Waals surface area (Å²) in [6.45, 7) is 1.92. The molecule has 0 aromatic heterocycles. The van der Waals surface area contributed by atoms with Crippen LogP contribution < -0.4 is 19.5 Å². The quantitative estimate of drug-likeness (QED) is 0.725. The Morgan fingerprint density at radius 2 is 1.78 bits per heavy atom. The van der Waals surface area contributed by atoms with Crippen molar-refractivity contribution >= 4 is 11.6 Å². The first-order valence-electron chi connectivity index (χ1n) is 9.56. The zero-order chi connectivity index (χ0) is 19.1. The number of hydrogen-bond acceptors (Lipinski definition) is 4. The summed E-state index contributed by atoms with van der Waals surface area (Å²) in [6, 6.07) is 14.8. The largest absolute Gasteiger partial charge is 0.497 e. The fraction of sp³-hybridized carbons (Fsp3) is 0.409. The number of ether oxygens (including phenoxy) is 3. The Labute approximate surface area is 160 Å². The lowest BCUT2D eigenvalue weighted by Crippen LogP contribution is -2.32. The molecule has 0 aliphatic heterocycles. The standard InChI is InChI=1S/C22H27NO4/c1-3-21(27-20-10-6-9-19(15-20)25-2)22(24)23-16-11-13-18(14-12-16)26-17-7-4-5-8-17/h6,9-15,17,21H,3-5,7-8H2,1-2H3,(H,23,24). The molecule has 0 bridgehead atoms. The van der Waals surface area contributed by atoms with E-state index in [1.54, 1.807) is 13.2 Å². The van der Waals surface area contributed by atoms with Crippen molar-refractivity contribution < 1.29 is 19.0 Å². The van der Waals surface area contributed by atoms with Crippen LogP contribution in [0.25, 0.3) is 0 Å². The molecule has 0 saturated heterocycles. The van der Waals surface area contributed by atoms with Gasteiger partial charge in [-0.3, -0.25) is 4.79 Å². The fourth-order valence-electron chi connectivity index (χ4n) is 3.20. The summed E-state index contributed by atoms with van der Waals surface area (Å²) in [5.74, 6) is 1.97. The normalized spacial score (nSPS) is 15.2. The van der Waals surface area contributed by atoms with Crippen molar-refractivity contribution in [1.29, 1.82) is 0 Å². The average molecular weight is 369 g/mol. The van der Waals surface area contributed by atoms with Gasteiger partial charge in [-0.1, -0.05) is 13.0 Å². The fourth-order valence-corrected chi connectivity index (χ4v) is 3.20. The smallest absolute Gasteiger partial charge is 0.265 e. The molecule has 1 unspecified atom stereocenters. The van der Waals surface area contributed by atoms with Crippen LogP contribution >= 0.6 is 0 Å². The second-order valence-electron chi connectivity index (χ2n) is 6.73. The van der Waals surface area contributed by atoms with Crippen molar-refractivity contribution in [2.24, 2.45) is 0 Å². The first-order chi connectivity index (χ1) is 13.2. The molecular weight excluding hydrogens is 342 g/mol. The molecule has 1 fully saturated rings. The molecule has 1 saturated carbocycles. The number of hydrogen-bond donors (Lipinski definition) is 1. The van der Waals surface area contributed by atoms with Crippen LogP contribution in [-0.2, 0) is 4.79 Å². The van der Waals surface area contributed by atoms with E-state index < -0.39 is 6.10 Å². The van der Waals surface area contributed by atoms with Gasteiger partial charge in [0.1, 0.15) is 17.2 Å². The molecule has 5 heteroatoms. The molecule has 1 aliphatic rings. The third-order valence-electron chi connectivity index (χ3n) is 4.71. The van der Waals surface area contributed by atoms with Gasteiger partial charge >= 0.3 is 0 Å². The molecule has 0 spiro atoms. The maximum Gasteiger partial charge on any atom is 0.265 e. The molecule has 144 valence electrons. The van der Waals surface area contributed by atoms with Crippen LogP contribution in [0.15, 0.2) is 48.5 Å². The second-order valence-corrected chi connectivity index (χ2v) is 6.73. The molecule has 1 aliphatic carbocycles. The van der Waals surface area contributed by atoms with Gasteiger partial charge in [0.2, 0.25) is 0 Å². The van der Waals surface area contributed by atoms with Gasteiger partial charge < -0.3 is 19.5 Å². The number of methoxy groups -OCH3 is 1. The van der Waals surface area contributed by atoms with Crippen molar-refractivity contribution in [3.05, 3.63) is 48.5 Å². The highest BCUT2D eigenvalue weighted by molar-refractivity contribution is 5.94. The van der Waals surface area contributed by atoms with E-state index >= 15 is 0 Å². The van der Waals surface area contributed by atoms with Gasteiger partial charge in [-0.25, -0.2) is 0 Å². The first kappa shape index (κ1) is 19.1. The molecule has 2 aromatic rings. The Morgan fingerprint density at radius 1 is 1.07 bits per heavy atom. The lowest BCUT2D eigenvalue weighted by atomic mass is 10.2. The van der Waals surface area contributed by atoms with Crippen LogP contribution in [0.1, 0.15) is 39.0 Å². The minimum absolute atomic E-state index is 0.176. The maximum atomic E-state index is 12.6. The predicted octanol–water partition coefficient (Wildman–Crippen LogP) is 4.81. The number of nitrogens with one attached hydrogen (secondary N) is 1. The van der Waals surface area contributed by atoms with Crippen LogP contribution in [0.5, 0.6) is 17.2 Å². The average Bonchev–Trinajstić information content (AvgIpc) is 3.20. The van der Waals surface area contributed by atoms with E-state index in [-0.39, 0.29) is 5.91 Å². The third kappa shape index (κ3) is 5.39. The summed E-state index contributed by atoms with van der Waals surface area (Å²) in [6.07, 6.45) is 5.04. The van der Waals surface area contributed by atoms with E-state index in [0.717, 1.165) is 24.3 Å². The number of amides is 1. The van der Waals surface area contributed by atoms with Crippen LogP contribution in [0.3, 0.4) is 0 Å². The van der Waals surface area contributed by atoms with E-state index in [1.165, 1.54) is 12.8 Å². The summed E-state index contributed by atoms with van der Waals surface area (Å²) < 4.78 is 17.0. The Balaban J connectivity index is 1.57. The summed E-state index contributed by atoms with van der Waals surface area (Å²) >= 11 is 0. The van der Waals surface area contributed by atoms with Crippen molar-refractivity contribution in [2.45, 2.75) is 51.2 Å². The van der Waals surface area contributed by atoms with Crippen molar-refractivity contribution in [3.63, 3.8) is 0 Å². The monoisotopic (exact) mass is 369 g/mol. The minimum Gasteiger partial charge on any atom is -0.497 e. The molecule has 3 rings (SSSR count). The van der Waals surface area contributed by atoms with Gasteiger partial charge in [0.05, 0.1) is 13.2 Å². The summed E-state index contributed by atoms with van der Waals surface area (Å²) in [7, 11) is 1.60.